The minimum atomic E-state index is -1.82. The number of fused-ring (bicyclic) bond motifs is 1. The number of hydrogen-bond acceptors (Lipinski definition) is 7. The van der Waals surface area contributed by atoms with Crippen molar-refractivity contribution in [2.45, 2.75) is 25.6 Å². The van der Waals surface area contributed by atoms with E-state index in [9.17, 15) is 0 Å². The van der Waals surface area contributed by atoms with Crippen LogP contribution in [0.3, 0.4) is 0 Å². The van der Waals surface area contributed by atoms with Crippen LogP contribution < -0.4 is 24.3 Å². The van der Waals surface area contributed by atoms with E-state index in [1.807, 2.05) is 42.5 Å². The Morgan fingerprint density at radius 3 is 2.37 bits per heavy atom. The maximum absolute atomic E-state index is 9.10. The molecule has 2 atom stereocenters. The summed E-state index contributed by atoms with van der Waals surface area (Å²) in [5, 5.41) is 18.3. The molecule has 30 heavy (non-hydrogen) atoms. The summed E-state index contributed by atoms with van der Waals surface area (Å²) in [5.74, 6) is -0.461. The molecule has 9 nitrogen and oxygen atoms in total. The number of hydrogen-bond donors (Lipinski definition) is 3. The lowest BCUT2D eigenvalue weighted by atomic mass is 10.1. The van der Waals surface area contributed by atoms with Gasteiger partial charge in [-0.2, -0.15) is 0 Å². The molecule has 2 aromatic carbocycles. The van der Waals surface area contributed by atoms with Crippen LogP contribution >= 0.6 is 0 Å². The monoisotopic (exact) mass is 419 g/mol. The van der Waals surface area contributed by atoms with Crippen LogP contribution in [0, 0.1) is 0 Å². The Hall–Kier alpha value is -3.46. The number of carboxylic acids is 2. The van der Waals surface area contributed by atoms with Crippen LogP contribution in [-0.4, -0.2) is 55.1 Å². The van der Waals surface area contributed by atoms with Crippen LogP contribution in [0.15, 0.2) is 42.5 Å². The number of nitrogens with one attached hydrogen (secondary N) is 1. The summed E-state index contributed by atoms with van der Waals surface area (Å²) in [5.41, 5.74) is 1.07. The highest BCUT2D eigenvalue weighted by atomic mass is 16.6. The normalized spacial score (nSPS) is 15.2. The molecule has 9 heteroatoms. The number of carboxylic acid groups (broad SMARTS) is 2. The number of rotatable bonds is 6. The summed E-state index contributed by atoms with van der Waals surface area (Å²) in [6, 6.07) is 13.7. The lowest BCUT2D eigenvalue weighted by Crippen LogP contribution is -2.45. The summed E-state index contributed by atoms with van der Waals surface area (Å²) >= 11 is 0. The standard InChI is InChI=1S/C19H23NO4.C2H2O4/c1-13(19-12-23-16-6-4-5-7-17(16)24-19)20-11-14-8-9-15(21-2)10-18(14)22-3;3-1(4)2(5)6/h4-10,13,19-20H,11-12H2,1-3H3;(H,3,4)(H,5,6). The SMILES string of the molecule is COc1ccc(CNC(C)C2COc3ccccc3O2)c(OC)c1.O=C(O)C(=O)O. The molecule has 0 radical (unpaired) electrons. The minimum absolute atomic E-state index is 0.0378. The molecule has 0 fully saturated rings. The maximum atomic E-state index is 9.10. The lowest BCUT2D eigenvalue weighted by Gasteiger charge is -2.31. The van der Waals surface area contributed by atoms with Gasteiger partial charge < -0.3 is 34.5 Å². The number of para-hydroxylation sites is 2. The Morgan fingerprint density at radius 1 is 1.10 bits per heavy atom. The van der Waals surface area contributed by atoms with E-state index < -0.39 is 11.9 Å². The van der Waals surface area contributed by atoms with E-state index in [1.54, 1.807) is 14.2 Å². The van der Waals surface area contributed by atoms with E-state index in [-0.39, 0.29) is 12.1 Å². The van der Waals surface area contributed by atoms with Gasteiger partial charge in [0.1, 0.15) is 24.2 Å². The molecule has 1 aliphatic rings. The first-order valence-electron chi connectivity index (χ1n) is 9.14. The Labute approximate surface area is 174 Å². The highest BCUT2D eigenvalue weighted by molar-refractivity contribution is 6.27. The van der Waals surface area contributed by atoms with Crippen molar-refractivity contribution >= 4 is 11.9 Å². The fraction of sp³-hybridized carbons (Fsp3) is 0.333. The molecule has 3 rings (SSSR count). The van der Waals surface area contributed by atoms with Crippen molar-refractivity contribution in [3.63, 3.8) is 0 Å². The van der Waals surface area contributed by atoms with Crippen LogP contribution in [0.2, 0.25) is 0 Å². The Morgan fingerprint density at radius 2 is 1.77 bits per heavy atom. The quantitative estimate of drug-likeness (QED) is 0.604. The van der Waals surface area contributed by atoms with Gasteiger partial charge >= 0.3 is 11.9 Å². The van der Waals surface area contributed by atoms with Crippen LogP contribution in [0.5, 0.6) is 23.0 Å². The predicted molar refractivity (Wildman–Crippen MR) is 107 cm³/mol. The van der Waals surface area contributed by atoms with Crippen LogP contribution in [0.4, 0.5) is 0 Å². The molecule has 162 valence electrons. The van der Waals surface area contributed by atoms with Crippen molar-refractivity contribution in [3.05, 3.63) is 48.0 Å². The Bertz CT molecular complexity index is 858. The molecule has 2 aromatic rings. The van der Waals surface area contributed by atoms with Crippen molar-refractivity contribution in [2.24, 2.45) is 0 Å². The van der Waals surface area contributed by atoms with E-state index in [0.29, 0.717) is 13.2 Å². The Balaban J connectivity index is 0.000000469. The zero-order valence-corrected chi connectivity index (χ0v) is 17.0. The number of methoxy groups -OCH3 is 2. The summed E-state index contributed by atoms with van der Waals surface area (Å²) in [6.45, 7) is 3.30. The third-order valence-corrected chi connectivity index (χ3v) is 4.38. The van der Waals surface area contributed by atoms with E-state index in [1.165, 1.54) is 0 Å². The second-order valence-corrected chi connectivity index (χ2v) is 6.37. The van der Waals surface area contributed by atoms with Gasteiger partial charge in [-0.1, -0.05) is 18.2 Å². The largest absolute Gasteiger partial charge is 0.497 e. The van der Waals surface area contributed by atoms with Gasteiger partial charge in [0.25, 0.3) is 0 Å². The maximum Gasteiger partial charge on any atom is 0.414 e. The van der Waals surface area contributed by atoms with Crippen molar-refractivity contribution in [1.29, 1.82) is 0 Å². The summed E-state index contributed by atoms with van der Waals surface area (Å²) in [6.07, 6.45) is -0.0378. The zero-order chi connectivity index (χ0) is 22.1. The second-order valence-electron chi connectivity index (χ2n) is 6.37. The molecule has 0 saturated heterocycles. The molecular weight excluding hydrogens is 394 g/mol. The summed E-state index contributed by atoms with van der Waals surface area (Å²) < 4.78 is 22.5. The van der Waals surface area contributed by atoms with Gasteiger partial charge in [-0.3, -0.25) is 0 Å². The van der Waals surface area contributed by atoms with Gasteiger partial charge in [0.05, 0.1) is 14.2 Å². The van der Waals surface area contributed by atoms with Gasteiger partial charge in [-0.05, 0) is 25.1 Å². The first-order chi connectivity index (χ1) is 14.3. The molecule has 0 bridgehead atoms. The van der Waals surface area contributed by atoms with Crippen LogP contribution in [0.25, 0.3) is 0 Å². The second kappa shape index (κ2) is 10.9. The van der Waals surface area contributed by atoms with Gasteiger partial charge in [-0.15, -0.1) is 0 Å². The molecular formula is C21H25NO8. The van der Waals surface area contributed by atoms with Crippen molar-refractivity contribution in [2.75, 3.05) is 20.8 Å². The molecule has 0 amide bonds. The van der Waals surface area contributed by atoms with Crippen LogP contribution in [-0.2, 0) is 16.1 Å². The molecule has 0 spiro atoms. The third kappa shape index (κ3) is 6.28. The highest BCUT2D eigenvalue weighted by Crippen LogP contribution is 2.31. The molecule has 1 heterocycles. The van der Waals surface area contributed by atoms with Crippen LogP contribution in [0.1, 0.15) is 12.5 Å². The number of carbonyl (C=O) groups is 2. The van der Waals surface area contributed by atoms with E-state index >= 15 is 0 Å². The summed E-state index contributed by atoms with van der Waals surface area (Å²) in [7, 11) is 3.31. The molecule has 1 aliphatic heterocycles. The Kier molecular flexibility index (Phi) is 8.30. The van der Waals surface area contributed by atoms with Crippen molar-refractivity contribution in [1.82, 2.24) is 5.32 Å². The number of ether oxygens (including phenoxy) is 4. The van der Waals surface area contributed by atoms with Gasteiger partial charge in [0, 0.05) is 24.2 Å². The van der Waals surface area contributed by atoms with Gasteiger partial charge in [0.15, 0.2) is 11.5 Å². The average Bonchev–Trinajstić information content (AvgIpc) is 2.77. The first-order valence-corrected chi connectivity index (χ1v) is 9.14. The van der Waals surface area contributed by atoms with E-state index in [0.717, 1.165) is 28.6 Å². The molecule has 3 N–H and O–H groups in total. The molecule has 0 saturated carbocycles. The van der Waals surface area contributed by atoms with Gasteiger partial charge in [-0.25, -0.2) is 9.59 Å². The smallest absolute Gasteiger partial charge is 0.414 e. The third-order valence-electron chi connectivity index (χ3n) is 4.38. The van der Waals surface area contributed by atoms with Gasteiger partial charge in [0.2, 0.25) is 0 Å². The van der Waals surface area contributed by atoms with E-state index in [4.69, 9.17) is 38.7 Å². The lowest BCUT2D eigenvalue weighted by molar-refractivity contribution is -0.159. The fourth-order valence-corrected chi connectivity index (χ4v) is 2.68. The average molecular weight is 419 g/mol. The first kappa shape index (κ1) is 22.8. The number of benzene rings is 2. The summed E-state index contributed by atoms with van der Waals surface area (Å²) in [4.78, 5) is 18.2. The van der Waals surface area contributed by atoms with Crippen molar-refractivity contribution < 1.29 is 38.7 Å². The highest BCUT2D eigenvalue weighted by Gasteiger charge is 2.25. The topological polar surface area (TPSA) is 124 Å². The molecule has 0 aliphatic carbocycles. The number of aliphatic carboxylic acids is 2. The predicted octanol–water partition coefficient (Wildman–Crippen LogP) is 2.18. The minimum Gasteiger partial charge on any atom is -0.497 e. The molecule has 0 aromatic heterocycles. The molecule has 2 unspecified atom stereocenters. The fourth-order valence-electron chi connectivity index (χ4n) is 2.68. The zero-order valence-electron chi connectivity index (χ0n) is 17.0. The van der Waals surface area contributed by atoms with Crippen molar-refractivity contribution in [3.8, 4) is 23.0 Å². The van der Waals surface area contributed by atoms with E-state index in [2.05, 4.69) is 12.2 Å².